The van der Waals surface area contributed by atoms with E-state index in [-0.39, 0.29) is 11.5 Å². The molecule has 3 aliphatic rings. The van der Waals surface area contributed by atoms with E-state index in [1.165, 1.54) is 33.8 Å². The summed E-state index contributed by atoms with van der Waals surface area (Å²) in [4.78, 5) is 28.8. The fourth-order valence-electron chi connectivity index (χ4n) is 7.51. The molecule has 10 heteroatoms. The van der Waals surface area contributed by atoms with E-state index in [1.54, 1.807) is 6.07 Å². The van der Waals surface area contributed by atoms with Crippen LogP contribution >= 0.6 is 22.7 Å². The van der Waals surface area contributed by atoms with E-state index in [1.807, 2.05) is 52.5 Å². The van der Waals surface area contributed by atoms with Gasteiger partial charge in [0, 0.05) is 35.3 Å². The molecule has 2 fully saturated rings. The predicted octanol–water partition coefficient (Wildman–Crippen LogP) is 5.34. The molecule has 8 rings (SSSR count). The number of thiophene rings is 2. The molecule has 1 saturated carbocycles. The first-order valence-electron chi connectivity index (χ1n) is 15.0. The van der Waals surface area contributed by atoms with Gasteiger partial charge in [0.05, 0.1) is 15.3 Å². The number of ether oxygens (including phenoxy) is 1. The average Bonchev–Trinajstić information content (AvgIpc) is 3.79. The summed E-state index contributed by atoms with van der Waals surface area (Å²) in [7, 11) is 0. The molecule has 0 radical (unpaired) electrons. The molecule has 220 valence electrons. The average molecular weight is 613 g/mol. The maximum Gasteiger partial charge on any atom is 0.349 e. The summed E-state index contributed by atoms with van der Waals surface area (Å²) in [6.07, 6.45) is 6.43. The van der Waals surface area contributed by atoms with Crippen LogP contribution in [0.1, 0.15) is 56.9 Å². The van der Waals surface area contributed by atoms with Crippen LogP contribution in [0.3, 0.4) is 0 Å². The van der Waals surface area contributed by atoms with Crippen LogP contribution in [-0.4, -0.2) is 63.0 Å². The number of carbonyl (C=O) groups excluding carboxylic acids is 2. The van der Waals surface area contributed by atoms with E-state index in [0.717, 1.165) is 97.7 Å². The zero-order valence-electron chi connectivity index (χ0n) is 23.7. The smallest absolute Gasteiger partial charge is 0.349 e. The van der Waals surface area contributed by atoms with Gasteiger partial charge in [0.1, 0.15) is 17.9 Å². The molecule has 2 aromatic carbocycles. The Labute approximate surface area is 256 Å². The highest BCUT2D eigenvalue weighted by molar-refractivity contribution is 7.19. The van der Waals surface area contributed by atoms with Crippen LogP contribution in [0.25, 0.3) is 21.1 Å². The zero-order chi connectivity index (χ0) is 29.2. The van der Waals surface area contributed by atoms with Gasteiger partial charge in [-0.15, -0.1) is 27.8 Å². The highest BCUT2D eigenvalue weighted by atomic mass is 32.1. The van der Waals surface area contributed by atoms with E-state index >= 15 is 0 Å². The van der Waals surface area contributed by atoms with Crippen LogP contribution in [0.2, 0.25) is 0 Å². The summed E-state index contributed by atoms with van der Waals surface area (Å²) in [6, 6.07) is 15.4. The third kappa shape index (κ3) is 4.46. The van der Waals surface area contributed by atoms with Crippen molar-refractivity contribution in [3.05, 3.63) is 80.4 Å². The van der Waals surface area contributed by atoms with E-state index < -0.39 is 11.6 Å². The summed E-state index contributed by atoms with van der Waals surface area (Å²) in [5.74, 6) is -0.579. The largest absolute Gasteiger partial charge is 0.460 e. The number of likely N-dealkylation sites (tertiary alicyclic amines) is 1. The number of hydrogen-bond donors (Lipinski definition) is 1. The molecule has 0 unspecified atom stereocenters. The molecule has 1 atom stereocenters. The van der Waals surface area contributed by atoms with Crippen molar-refractivity contribution in [1.29, 1.82) is 0 Å². The van der Waals surface area contributed by atoms with Gasteiger partial charge in [-0.3, -0.25) is 4.79 Å². The number of carbonyl (C=O) groups is 2. The van der Waals surface area contributed by atoms with E-state index in [9.17, 15) is 14.7 Å². The minimum Gasteiger partial charge on any atom is -0.460 e. The minimum absolute atomic E-state index is 0.171. The first-order valence-corrected chi connectivity index (χ1v) is 16.7. The van der Waals surface area contributed by atoms with Crippen LogP contribution in [0.4, 0.5) is 0 Å². The van der Waals surface area contributed by atoms with E-state index in [2.05, 4.69) is 15.2 Å². The summed E-state index contributed by atoms with van der Waals surface area (Å²) in [5.41, 5.74) is 3.51. The molecule has 0 amide bonds. The summed E-state index contributed by atoms with van der Waals surface area (Å²) in [5, 5.41) is 23.5. The topological polar surface area (TPSA) is 97.5 Å². The normalized spacial score (nSPS) is 19.3. The fraction of sp³-hybridized carbons (Fsp3) is 0.394. The molecule has 1 N–H and O–H groups in total. The molecule has 1 spiro atoms. The van der Waals surface area contributed by atoms with E-state index in [4.69, 9.17) is 4.74 Å². The molecule has 5 aromatic rings. The molecule has 1 aliphatic heterocycles. The molecular formula is C33H32N4O4S2. The van der Waals surface area contributed by atoms with Gasteiger partial charge in [-0.1, -0.05) is 29.5 Å². The third-order valence-corrected chi connectivity index (χ3v) is 11.7. The van der Waals surface area contributed by atoms with Crippen molar-refractivity contribution in [2.24, 2.45) is 5.41 Å². The standard InChI is InChI=1S/C33H32N4O4S2/c38-18-22-14-26-30(25-8-3-7-24(22)25)37(35-34-26)12-5-11-36-19-32(20-36)16-23(17-32)41-31(39)33(40,28-10-4-13-42-28)29-15-21-6-1-2-9-27(21)43-29/h1-2,4,6,9-10,13-15,18,23,40H,3,5,7-8,11-12,16-17,19-20H2/t33-/m1/s1. The van der Waals surface area contributed by atoms with Crippen LogP contribution in [-0.2, 0) is 34.5 Å². The first-order chi connectivity index (χ1) is 21.0. The van der Waals surface area contributed by atoms with E-state index in [0.29, 0.717) is 9.75 Å². The monoisotopic (exact) mass is 612 g/mol. The van der Waals surface area contributed by atoms with Gasteiger partial charge in [-0.25, -0.2) is 9.48 Å². The number of aromatic nitrogens is 3. The predicted molar refractivity (Wildman–Crippen MR) is 167 cm³/mol. The number of aldehydes is 1. The zero-order valence-corrected chi connectivity index (χ0v) is 25.3. The molecule has 8 nitrogen and oxygen atoms in total. The molecular weight excluding hydrogens is 581 g/mol. The Morgan fingerprint density at radius 3 is 2.72 bits per heavy atom. The number of fused-ring (bicyclic) bond motifs is 4. The molecule has 0 bridgehead atoms. The van der Waals surface area contributed by atoms with Gasteiger partial charge in [-0.2, -0.15) is 0 Å². The maximum absolute atomic E-state index is 13.6. The lowest BCUT2D eigenvalue weighted by Gasteiger charge is -2.58. The number of aryl methyl sites for hydroxylation is 2. The van der Waals surface area contributed by atoms with Crippen LogP contribution in [0.15, 0.2) is 53.9 Å². The Bertz CT molecular complexity index is 1810. The van der Waals surface area contributed by atoms with Crippen LogP contribution in [0, 0.1) is 5.41 Å². The first kappa shape index (κ1) is 27.1. The van der Waals surface area contributed by atoms with Crippen LogP contribution in [0.5, 0.6) is 0 Å². The van der Waals surface area contributed by atoms with Gasteiger partial charge < -0.3 is 14.7 Å². The van der Waals surface area contributed by atoms with Crippen molar-refractivity contribution in [2.45, 2.75) is 56.8 Å². The minimum atomic E-state index is -1.80. The second kappa shape index (κ2) is 10.3. The lowest BCUT2D eigenvalue weighted by molar-refractivity contribution is -0.191. The van der Waals surface area contributed by atoms with Crippen molar-refractivity contribution in [3.8, 4) is 0 Å². The number of benzene rings is 2. The summed E-state index contributed by atoms with van der Waals surface area (Å²) >= 11 is 2.81. The van der Waals surface area contributed by atoms with Crippen molar-refractivity contribution in [2.75, 3.05) is 19.6 Å². The van der Waals surface area contributed by atoms with Gasteiger partial charge in [0.2, 0.25) is 5.60 Å². The highest BCUT2D eigenvalue weighted by Gasteiger charge is 2.55. The second-order valence-electron chi connectivity index (χ2n) is 12.4. The SMILES string of the molecule is O=Cc1cc2nnn(CCCN3CC4(CC(OC(=O)[C@@](O)(c5cccs5)c5cc6ccccc6s5)C4)C3)c2c2c1CCC2. The van der Waals surface area contributed by atoms with Crippen molar-refractivity contribution in [3.63, 3.8) is 0 Å². The quantitative estimate of drug-likeness (QED) is 0.177. The summed E-state index contributed by atoms with van der Waals surface area (Å²) < 4.78 is 9.04. The van der Waals surface area contributed by atoms with Gasteiger partial charge in [-0.05, 0) is 91.2 Å². The van der Waals surface area contributed by atoms with Crippen molar-refractivity contribution in [1.82, 2.24) is 19.9 Å². The fourth-order valence-corrected chi connectivity index (χ4v) is 9.55. The van der Waals surface area contributed by atoms with Crippen molar-refractivity contribution >= 4 is 56.0 Å². The van der Waals surface area contributed by atoms with Crippen LogP contribution < -0.4 is 0 Å². The summed E-state index contributed by atoms with van der Waals surface area (Å²) in [6.45, 7) is 3.78. The Balaban J connectivity index is 0.869. The molecule has 4 heterocycles. The lowest BCUT2D eigenvalue weighted by atomic mass is 9.61. The number of rotatable bonds is 9. The molecule has 1 saturated heterocycles. The second-order valence-corrected chi connectivity index (χ2v) is 14.4. The number of hydrogen-bond acceptors (Lipinski definition) is 9. The number of esters is 1. The highest BCUT2D eigenvalue weighted by Crippen LogP contribution is 2.50. The third-order valence-electron chi connectivity index (χ3n) is 9.55. The molecule has 43 heavy (non-hydrogen) atoms. The Morgan fingerprint density at radius 1 is 1.09 bits per heavy atom. The van der Waals surface area contributed by atoms with Gasteiger partial charge in [0.15, 0.2) is 0 Å². The molecule has 2 aliphatic carbocycles. The number of aliphatic hydroxyl groups is 1. The van der Waals surface area contributed by atoms with Gasteiger partial charge >= 0.3 is 5.97 Å². The number of nitrogens with zero attached hydrogens (tertiary/aromatic N) is 4. The Morgan fingerprint density at radius 2 is 1.93 bits per heavy atom. The maximum atomic E-state index is 13.6. The van der Waals surface area contributed by atoms with Gasteiger partial charge in [0.25, 0.3) is 0 Å². The Kier molecular flexibility index (Phi) is 6.52. The van der Waals surface area contributed by atoms with Crippen molar-refractivity contribution < 1.29 is 19.4 Å². The Hall–Kier alpha value is -3.44. The molecule has 3 aromatic heterocycles. The lowest BCUT2D eigenvalue weighted by Crippen LogP contribution is -2.64.